The number of carbonyl (C=O) groups excluding carboxylic acids is 1. The number of nitrogens with zero attached hydrogens (tertiary/aromatic N) is 2. The highest BCUT2D eigenvalue weighted by molar-refractivity contribution is 5.48. The van der Waals surface area contributed by atoms with Crippen molar-refractivity contribution < 1.29 is 4.79 Å². The molecular formula is C9H16N2O. The van der Waals surface area contributed by atoms with E-state index in [9.17, 15) is 4.79 Å². The van der Waals surface area contributed by atoms with Gasteiger partial charge in [0, 0.05) is 19.1 Å². The number of likely N-dealkylation sites (N-methyl/N-ethyl adjacent to an activating group) is 1. The van der Waals surface area contributed by atoms with Gasteiger partial charge in [-0.3, -0.25) is 4.79 Å². The monoisotopic (exact) mass is 168 g/mol. The van der Waals surface area contributed by atoms with E-state index in [4.69, 9.17) is 0 Å². The highest BCUT2D eigenvalue weighted by Gasteiger charge is 2.36. The van der Waals surface area contributed by atoms with Crippen LogP contribution in [0.2, 0.25) is 0 Å². The summed E-state index contributed by atoms with van der Waals surface area (Å²) in [6.07, 6.45) is 3.59. The summed E-state index contributed by atoms with van der Waals surface area (Å²) in [6, 6.07) is 0.643. The third kappa shape index (κ3) is 1.22. The second-order valence-corrected chi connectivity index (χ2v) is 4.01. The van der Waals surface area contributed by atoms with Gasteiger partial charge in [-0.1, -0.05) is 0 Å². The summed E-state index contributed by atoms with van der Waals surface area (Å²) in [5.74, 6) is 0.744. The highest BCUT2D eigenvalue weighted by atomic mass is 16.1. The fourth-order valence-electron chi connectivity index (χ4n) is 2.52. The number of rotatable bonds is 1. The van der Waals surface area contributed by atoms with E-state index in [1.54, 1.807) is 0 Å². The van der Waals surface area contributed by atoms with Crippen LogP contribution in [0.1, 0.15) is 12.8 Å². The Balaban J connectivity index is 2.03. The minimum absolute atomic E-state index is 0.643. The van der Waals surface area contributed by atoms with E-state index in [0.717, 1.165) is 25.4 Å². The minimum atomic E-state index is 0.643. The summed E-state index contributed by atoms with van der Waals surface area (Å²) in [7, 11) is 2.17. The second kappa shape index (κ2) is 3.05. The van der Waals surface area contributed by atoms with Crippen molar-refractivity contribution in [2.24, 2.45) is 5.92 Å². The summed E-state index contributed by atoms with van der Waals surface area (Å²) in [5, 5.41) is 0. The third-order valence-electron chi connectivity index (χ3n) is 3.24. The molecule has 0 bridgehead atoms. The molecule has 0 radical (unpaired) electrons. The molecule has 0 N–H and O–H groups in total. The molecule has 2 unspecified atom stereocenters. The van der Waals surface area contributed by atoms with Crippen LogP contribution in [-0.2, 0) is 4.79 Å². The van der Waals surface area contributed by atoms with Gasteiger partial charge in [0.05, 0.1) is 0 Å². The molecule has 0 aromatic heterocycles. The zero-order valence-corrected chi connectivity index (χ0v) is 7.57. The van der Waals surface area contributed by atoms with Crippen molar-refractivity contribution in [1.29, 1.82) is 0 Å². The normalized spacial score (nSPS) is 36.6. The fraction of sp³-hybridized carbons (Fsp3) is 0.889. The van der Waals surface area contributed by atoms with E-state index in [1.165, 1.54) is 19.4 Å². The van der Waals surface area contributed by atoms with Crippen molar-refractivity contribution in [2.45, 2.75) is 18.9 Å². The largest absolute Gasteiger partial charge is 0.343 e. The van der Waals surface area contributed by atoms with Gasteiger partial charge in [0.2, 0.25) is 6.41 Å². The van der Waals surface area contributed by atoms with E-state index < -0.39 is 0 Å². The number of likely N-dealkylation sites (tertiary alicyclic amines) is 2. The van der Waals surface area contributed by atoms with Crippen LogP contribution in [0.5, 0.6) is 0 Å². The number of piperidine rings is 1. The van der Waals surface area contributed by atoms with Crippen LogP contribution in [0.25, 0.3) is 0 Å². The van der Waals surface area contributed by atoms with Gasteiger partial charge in [-0.15, -0.1) is 0 Å². The van der Waals surface area contributed by atoms with Crippen molar-refractivity contribution >= 4 is 6.41 Å². The van der Waals surface area contributed by atoms with Crippen molar-refractivity contribution in [2.75, 3.05) is 26.7 Å². The molecule has 2 aliphatic rings. The molecule has 2 atom stereocenters. The molecule has 0 aromatic carbocycles. The number of amides is 1. The molecule has 2 heterocycles. The maximum Gasteiger partial charge on any atom is 0.209 e. The van der Waals surface area contributed by atoms with E-state index in [0.29, 0.717) is 6.04 Å². The van der Waals surface area contributed by atoms with Crippen LogP contribution >= 0.6 is 0 Å². The molecule has 0 aliphatic carbocycles. The summed E-state index contributed by atoms with van der Waals surface area (Å²) >= 11 is 0. The van der Waals surface area contributed by atoms with E-state index in [-0.39, 0.29) is 0 Å². The maximum absolute atomic E-state index is 10.6. The number of hydrogen-bond donors (Lipinski definition) is 0. The number of fused-ring (bicyclic) bond motifs is 1. The lowest BCUT2D eigenvalue weighted by atomic mass is 9.93. The Kier molecular flexibility index (Phi) is 2.05. The topological polar surface area (TPSA) is 23.6 Å². The Hall–Kier alpha value is -0.570. The summed E-state index contributed by atoms with van der Waals surface area (Å²) in [5.41, 5.74) is 0. The van der Waals surface area contributed by atoms with Gasteiger partial charge in [-0.25, -0.2) is 0 Å². The van der Waals surface area contributed by atoms with Gasteiger partial charge in [-0.2, -0.15) is 0 Å². The number of hydrogen-bond acceptors (Lipinski definition) is 2. The maximum atomic E-state index is 10.6. The Morgan fingerprint density at radius 2 is 2.25 bits per heavy atom. The van der Waals surface area contributed by atoms with Crippen molar-refractivity contribution in [3.8, 4) is 0 Å². The summed E-state index contributed by atoms with van der Waals surface area (Å²) in [4.78, 5) is 14.9. The van der Waals surface area contributed by atoms with Gasteiger partial charge in [0.1, 0.15) is 0 Å². The molecule has 0 spiro atoms. The van der Waals surface area contributed by atoms with Gasteiger partial charge in [0.15, 0.2) is 0 Å². The van der Waals surface area contributed by atoms with Crippen LogP contribution < -0.4 is 0 Å². The molecular weight excluding hydrogens is 152 g/mol. The first-order valence-electron chi connectivity index (χ1n) is 4.71. The zero-order valence-electron chi connectivity index (χ0n) is 7.57. The quantitative estimate of drug-likeness (QED) is 0.521. The lowest BCUT2D eigenvalue weighted by Gasteiger charge is -2.33. The average molecular weight is 168 g/mol. The average Bonchev–Trinajstić information content (AvgIpc) is 2.49. The molecule has 2 aliphatic heterocycles. The van der Waals surface area contributed by atoms with Gasteiger partial charge in [-0.05, 0) is 32.4 Å². The highest BCUT2D eigenvalue weighted by Crippen LogP contribution is 2.28. The molecule has 0 saturated carbocycles. The molecule has 12 heavy (non-hydrogen) atoms. The van der Waals surface area contributed by atoms with Crippen LogP contribution in [0.4, 0.5) is 0 Å². The van der Waals surface area contributed by atoms with Crippen molar-refractivity contribution in [3.63, 3.8) is 0 Å². The molecule has 2 fully saturated rings. The fourth-order valence-corrected chi connectivity index (χ4v) is 2.52. The van der Waals surface area contributed by atoms with Crippen LogP contribution in [0, 0.1) is 5.92 Å². The van der Waals surface area contributed by atoms with E-state index >= 15 is 0 Å². The Morgan fingerprint density at radius 1 is 1.42 bits per heavy atom. The SMILES string of the molecule is CN1CCCC2CN(C=O)CC21. The van der Waals surface area contributed by atoms with E-state index in [2.05, 4.69) is 11.9 Å². The second-order valence-electron chi connectivity index (χ2n) is 4.01. The van der Waals surface area contributed by atoms with E-state index in [1.807, 2.05) is 4.90 Å². The molecule has 2 rings (SSSR count). The summed E-state index contributed by atoms with van der Waals surface area (Å²) in [6.45, 7) is 3.14. The smallest absolute Gasteiger partial charge is 0.209 e. The predicted octanol–water partition coefficient (Wildman–Crippen LogP) is 0.169. The third-order valence-corrected chi connectivity index (χ3v) is 3.24. The Labute approximate surface area is 73.3 Å². The van der Waals surface area contributed by atoms with Crippen LogP contribution in [-0.4, -0.2) is 48.9 Å². The lowest BCUT2D eigenvalue weighted by Crippen LogP contribution is -2.42. The van der Waals surface area contributed by atoms with Gasteiger partial charge in [0.25, 0.3) is 0 Å². The Morgan fingerprint density at radius 3 is 2.92 bits per heavy atom. The molecule has 2 saturated heterocycles. The van der Waals surface area contributed by atoms with Crippen LogP contribution in [0.15, 0.2) is 0 Å². The van der Waals surface area contributed by atoms with Gasteiger partial charge < -0.3 is 9.80 Å². The standard InChI is InChI=1S/C9H16N2O/c1-10-4-2-3-8-5-11(7-12)6-9(8)10/h7-9H,2-6H2,1H3. The zero-order chi connectivity index (χ0) is 8.55. The van der Waals surface area contributed by atoms with Gasteiger partial charge >= 0.3 is 0 Å². The first-order chi connectivity index (χ1) is 5.81. The minimum Gasteiger partial charge on any atom is -0.343 e. The molecule has 0 aromatic rings. The van der Waals surface area contributed by atoms with Crippen LogP contribution in [0.3, 0.4) is 0 Å². The summed E-state index contributed by atoms with van der Waals surface area (Å²) < 4.78 is 0. The Bertz CT molecular complexity index is 183. The predicted molar refractivity (Wildman–Crippen MR) is 46.8 cm³/mol. The first kappa shape index (κ1) is 8.05. The number of carbonyl (C=O) groups is 1. The van der Waals surface area contributed by atoms with Crippen molar-refractivity contribution in [3.05, 3.63) is 0 Å². The molecule has 3 heteroatoms. The molecule has 68 valence electrons. The van der Waals surface area contributed by atoms with Crippen molar-refractivity contribution in [1.82, 2.24) is 9.80 Å². The molecule has 3 nitrogen and oxygen atoms in total. The lowest BCUT2D eigenvalue weighted by molar-refractivity contribution is -0.117. The molecule has 1 amide bonds. The first-order valence-corrected chi connectivity index (χ1v) is 4.71.